The highest BCUT2D eigenvalue weighted by molar-refractivity contribution is 7.99. The topological polar surface area (TPSA) is 57.4 Å². The molecule has 0 bridgehead atoms. The minimum absolute atomic E-state index is 0.270. The molecule has 0 aliphatic heterocycles. The van der Waals surface area contributed by atoms with E-state index in [1.807, 2.05) is 12.1 Å². The second-order valence-electron chi connectivity index (χ2n) is 4.91. The van der Waals surface area contributed by atoms with Gasteiger partial charge in [0.05, 0.1) is 19.8 Å². The molecule has 118 valence electrons. The van der Waals surface area contributed by atoms with Crippen molar-refractivity contribution < 1.29 is 13.9 Å². The molecule has 0 unspecified atom stereocenters. The number of methoxy groups -OCH3 is 2. The summed E-state index contributed by atoms with van der Waals surface area (Å²) in [5, 5.41) is 8.58. The highest BCUT2D eigenvalue weighted by atomic mass is 35.5. The van der Waals surface area contributed by atoms with Gasteiger partial charge in [0, 0.05) is 17.7 Å². The minimum atomic E-state index is -0.588. The predicted octanol–water partition coefficient (Wildman–Crippen LogP) is 4.04. The van der Waals surface area contributed by atoms with E-state index in [4.69, 9.17) is 37.1 Å². The molecule has 5 nitrogen and oxygen atoms in total. The summed E-state index contributed by atoms with van der Waals surface area (Å²) in [5.74, 6) is 2.74. The highest BCUT2D eigenvalue weighted by Crippen LogP contribution is 2.54. The number of hydrogen-bond donors (Lipinski definition) is 0. The van der Waals surface area contributed by atoms with E-state index in [1.54, 1.807) is 20.3 Å². The molecule has 3 rings (SSSR count). The van der Waals surface area contributed by atoms with E-state index in [-0.39, 0.29) is 5.92 Å². The summed E-state index contributed by atoms with van der Waals surface area (Å²) in [6, 6.07) is 5.41. The summed E-state index contributed by atoms with van der Waals surface area (Å²) in [5.41, 5.74) is 0.720. The van der Waals surface area contributed by atoms with Gasteiger partial charge in [0.15, 0.2) is 0 Å². The van der Waals surface area contributed by atoms with Gasteiger partial charge in [-0.2, -0.15) is 0 Å². The molecule has 0 N–H and O–H groups in total. The molecule has 0 amide bonds. The van der Waals surface area contributed by atoms with Crippen LogP contribution in [-0.4, -0.2) is 34.5 Å². The van der Waals surface area contributed by atoms with E-state index in [2.05, 4.69) is 10.2 Å². The van der Waals surface area contributed by atoms with Crippen LogP contribution in [0.5, 0.6) is 11.5 Å². The van der Waals surface area contributed by atoms with Gasteiger partial charge < -0.3 is 13.9 Å². The van der Waals surface area contributed by atoms with Crippen LogP contribution >= 0.6 is 35.0 Å². The Morgan fingerprint density at radius 2 is 2.09 bits per heavy atom. The van der Waals surface area contributed by atoms with Crippen LogP contribution in [0.1, 0.15) is 6.42 Å². The number of thioether (sulfide) groups is 1. The summed E-state index contributed by atoms with van der Waals surface area (Å²) >= 11 is 13.5. The van der Waals surface area contributed by atoms with Crippen LogP contribution < -0.4 is 9.47 Å². The van der Waals surface area contributed by atoms with E-state index in [0.29, 0.717) is 22.6 Å². The molecule has 1 heterocycles. The molecular weight excluding hydrogens is 347 g/mol. The lowest BCUT2D eigenvalue weighted by molar-refractivity contribution is 0.393. The normalized spacial score (nSPS) is 19.0. The summed E-state index contributed by atoms with van der Waals surface area (Å²) in [6.07, 6.45) is 0.802. The molecule has 1 atom stereocenters. The second-order valence-corrected chi connectivity index (χ2v) is 7.43. The fourth-order valence-corrected chi connectivity index (χ4v) is 3.67. The third-order valence-electron chi connectivity index (χ3n) is 3.41. The maximum absolute atomic E-state index is 6.00. The first-order valence-electron chi connectivity index (χ1n) is 6.60. The molecular formula is C14H14Cl2N2O3S. The highest BCUT2D eigenvalue weighted by Gasteiger charge is 2.51. The van der Waals surface area contributed by atoms with Crippen molar-refractivity contribution in [2.45, 2.75) is 16.0 Å². The average Bonchev–Trinajstić information content (AvgIpc) is 2.92. The molecule has 8 heteroatoms. The first-order chi connectivity index (χ1) is 10.5. The zero-order valence-electron chi connectivity index (χ0n) is 12.0. The smallest absolute Gasteiger partial charge is 0.276 e. The maximum atomic E-state index is 6.00. The van der Waals surface area contributed by atoms with Crippen molar-refractivity contribution in [1.29, 1.82) is 0 Å². The largest absolute Gasteiger partial charge is 0.497 e. The van der Waals surface area contributed by atoms with E-state index < -0.39 is 4.33 Å². The van der Waals surface area contributed by atoms with E-state index in [0.717, 1.165) is 17.7 Å². The number of ether oxygens (including phenoxy) is 2. The van der Waals surface area contributed by atoms with Crippen LogP contribution in [0, 0.1) is 5.92 Å². The van der Waals surface area contributed by atoms with E-state index in [9.17, 15) is 0 Å². The summed E-state index contributed by atoms with van der Waals surface area (Å²) in [4.78, 5) is 0. The van der Waals surface area contributed by atoms with Crippen LogP contribution in [0.4, 0.5) is 0 Å². The van der Waals surface area contributed by atoms with Crippen LogP contribution in [0.25, 0.3) is 11.5 Å². The molecule has 1 aromatic heterocycles. The first-order valence-corrected chi connectivity index (χ1v) is 8.34. The third-order valence-corrected chi connectivity index (χ3v) is 5.32. The Hall–Kier alpha value is -1.11. The van der Waals surface area contributed by atoms with Crippen molar-refractivity contribution in [1.82, 2.24) is 10.2 Å². The van der Waals surface area contributed by atoms with Crippen LogP contribution in [0.3, 0.4) is 0 Å². The van der Waals surface area contributed by atoms with E-state index in [1.165, 1.54) is 11.8 Å². The average molecular weight is 361 g/mol. The maximum Gasteiger partial charge on any atom is 0.276 e. The molecule has 1 aromatic carbocycles. The van der Waals surface area contributed by atoms with Crippen molar-refractivity contribution in [2.24, 2.45) is 5.92 Å². The number of rotatable bonds is 6. The zero-order chi connectivity index (χ0) is 15.7. The van der Waals surface area contributed by atoms with Crippen molar-refractivity contribution in [3.05, 3.63) is 18.2 Å². The van der Waals surface area contributed by atoms with Gasteiger partial charge in [0.2, 0.25) is 0 Å². The molecule has 1 aliphatic carbocycles. The second kappa shape index (κ2) is 6.18. The third kappa shape index (κ3) is 3.29. The van der Waals surface area contributed by atoms with Gasteiger partial charge >= 0.3 is 0 Å². The monoisotopic (exact) mass is 360 g/mol. The van der Waals surface area contributed by atoms with Gasteiger partial charge in [-0.3, -0.25) is 0 Å². The Balaban J connectivity index is 1.73. The summed E-state index contributed by atoms with van der Waals surface area (Å²) in [6.45, 7) is 0. The van der Waals surface area contributed by atoms with Crippen molar-refractivity contribution in [3.8, 4) is 23.0 Å². The van der Waals surface area contributed by atoms with Gasteiger partial charge in [-0.1, -0.05) is 11.8 Å². The molecule has 1 fully saturated rings. The van der Waals surface area contributed by atoms with Gasteiger partial charge in [-0.25, -0.2) is 0 Å². The Kier molecular flexibility index (Phi) is 4.43. The number of alkyl halides is 2. The quantitative estimate of drug-likeness (QED) is 0.572. The van der Waals surface area contributed by atoms with Gasteiger partial charge in [0.25, 0.3) is 11.1 Å². The lowest BCUT2D eigenvalue weighted by Gasteiger charge is -2.07. The molecule has 2 aromatic rings. The van der Waals surface area contributed by atoms with Crippen LogP contribution in [0.15, 0.2) is 27.8 Å². The Bertz CT molecular complexity index is 678. The number of halogens is 2. The number of nitrogens with zero attached hydrogens (tertiary/aromatic N) is 2. The number of hydrogen-bond acceptors (Lipinski definition) is 6. The molecule has 0 spiro atoms. The van der Waals surface area contributed by atoms with Gasteiger partial charge in [0.1, 0.15) is 15.8 Å². The lowest BCUT2D eigenvalue weighted by atomic mass is 10.2. The standard InChI is InChI=1S/C14H14Cl2N2O3S/c1-19-9-3-4-10(11(5-9)20-2)12-17-18-13(21-12)22-7-8-6-14(8,15)16/h3-5,8H,6-7H2,1-2H3/t8-/m0/s1. The number of benzene rings is 1. The zero-order valence-corrected chi connectivity index (χ0v) is 14.3. The predicted molar refractivity (Wildman–Crippen MR) is 86.1 cm³/mol. The molecule has 1 aliphatic rings. The first kappa shape index (κ1) is 15.8. The minimum Gasteiger partial charge on any atom is -0.497 e. The van der Waals surface area contributed by atoms with Gasteiger partial charge in [-0.05, 0) is 18.6 Å². The molecule has 0 radical (unpaired) electrons. The summed E-state index contributed by atoms with van der Waals surface area (Å²) in [7, 11) is 3.18. The SMILES string of the molecule is COc1ccc(-c2nnc(SC[C@@H]3CC3(Cl)Cl)o2)c(OC)c1. The Morgan fingerprint density at radius 3 is 2.73 bits per heavy atom. The lowest BCUT2D eigenvalue weighted by Crippen LogP contribution is -1.92. The Morgan fingerprint density at radius 1 is 1.32 bits per heavy atom. The fraction of sp³-hybridized carbons (Fsp3) is 0.429. The van der Waals surface area contributed by atoms with Gasteiger partial charge in [-0.15, -0.1) is 33.4 Å². The summed E-state index contributed by atoms with van der Waals surface area (Å²) < 4.78 is 15.6. The van der Waals surface area contributed by atoms with Crippen LogP contribution in [-0.2, 0) is 0 Å². The van der Waals surface area contributed by atoms with Crippen molar-refractivity contribution in [3.63, 3.8) is 0 Å². The molecule has 0 saturated heterocycles. The van der Waals surface area contributed by atoms with Crippen LogP contribution in [0.2, 0.25) is 0 Å². The Labute approximate surface area is 142 Å². The van der Waals surface area contributed by atoms with Crippen molar-refractivity contribution in [2.75, 3.05) is 20.0 Å². The van der Waals surface area contributed by atoms with E-state index >= 15 is 0 Å². The molecule has 1 saturated carbocycles. The molecule has 22 heavy (non-hydrogen) atoms. The number of aromatic nitrogens is 2. The fourth-order valence-electron chi connectivity index (χ4n) is 1.97. The van der Waals surface area contributed by atoms with Crippen molar-refractivity contribution >= 4 is 35.0 Å².